The van der Waals surface area contributed by atoms with Crippen molar-refractivity contribution in [3.63, 3.8) is 0 Å². The topological polar surface area (TPSA) is 83.5 Å². The Morgan fingerprint density at radius 3 is 2.68 bits per heavy atom. The molecule has 4 aromatic rings. The van der Waals surface area contributed by atoms with Crippen LogP contribution in [-0.4, -0.2) is 30.0 Å². The summed E-state index contributed by atoms with van der Waals surface area (Å²) in [5.74, 6) is 0.00135. The van der Waals surface area contributed by atoms with Crippen molar-refractivity contribution in [2.45, 2.75) is 0 Å². The molecular weight excluding hydrogens is 304 g/mol. The number of hydrogen-bond acceptors (Lipinski definition) is 5. The summed E-state index contributed by atoms with van der Waals surface area (Å²) in [5, 5.41) is 34.1. The van der Waals surface area contributed by atoms with Crippen LogP contribution in [0.4, 0.5) is 0 Å². The third-order valence-electron chi connectivity index (χ3n) is 3.46. The lowest BCUT2D eigenvalue weighted by Crippen LogP contribution is -1.95. The third-order valence-corrected chi connectivity index (χ3v) is 3.76. The monoisotopic (exact) mass is 312 g/mol. The van der Waals surface area contributed by atoms with Crippen LogP contribution in [0.2, 0.25) is 5.02 Å². The molecule has 2 aromatic carbocycles. The molecule has 0 saturated heterocycles. The first-order valence-corrected chi connectivity index (χ1v) is 6.84. The van der Waals surface area contributed by atoms with Crippen molar-refractivity contribution in [2.24, 2.45) is 0 Å². The van der Waals surface area contributed by atoms with E-state index in [1.54, 1.807) is 6.20 Å². The fourth-order valence-corrected chi connectivity index (χ4v) is 2.55. The van der Waals surface area contributed by atoms with Crippen LogP contribution >= 0.6 is 11.6 Å². The SMILES string of the molecule is Oc1cc(O)c(-c2nnc3c4ccccc4cnn23)cc1Cl. The zero-order valence-corrected chi connectivity index (χ0v) is 11.9. The second-order valence-electron chi connectivity index (χ2n) is 4.81. The minimum absolute atomic E-state index is 0.116. The molecule has 0 atom stereocenters. The fourth-order valence-electron chi connectivity index (χ4n) is 2.39. The Kier molecular flexibility index (Phi) is 2.67. The number of fused-ring (bicyclic) bond motifs is 3. The third kappa shape index (κ3) is 1.78. The summed E-state index contributed by atoms with van der Waals surface area (Å²) in [5.41, 5.74) is 0.926. The second-order valence-corrected chi connectivity index (χ2v) is 5.22. The van der Waals surface area contributed by atoms with Crippen molar-refractivity contribution in [3.05, 3.63) is 47.6 Å². The smallest absolute Gasteiger partial charge is 0.189 e. The molecule has 2 N–H and O–H groups in total. The highest BCUT2D eigenvalue weighted by Gasteiger charge is 2.17. The summed E-state index contributed by atoms with van der Waals surface area (Å²) in [6.07, 6.45) is 1.70. The first-order valence-electron chi connectivity index (χ1n) is 6.46. The molecule has 108 valence electrons. The second kappa shape index (κ2) is 4.57. The maximum atomic E-state index is 10.0. The van der Waals surface area contributed by atoms with Gasteiger partial charge in [0.2, 0.25) is 0 Å². The van der Waals surface area contributed by atoms with Gasteiger partial charge in [0.05, 0.1) is 16.8 Å². The van der Waals surface area contributed by atoms with Crippen LogP contribution in [0.15, 0.2) is 42.6 Å². The van der Waals surface area contributed by atoms with E-state index in [-0.39, 0.29) is 16.5 Å². The first-order chi connectivity index (χ1) is 10.6. The summed E-state index contributed by atoms with van der Waals surface area (Å²) in [4.78, 5) is 0. The Morgan fingerprint density at radius 1 is 1.00 bits per heavy atom. The number of nitrogens with zero attached hydrogens (tertiary/aromatic N) is 4. The van der Waals surface area contributed by atoms with E-state index in [4.69, 9.17) is 11.6 Å². The van der Waals surface area contributed by atoms with Crippen molar-refractivity contribution in [1.82, 2.24) is 19.8 Å². The molecule has 0 radical (unpaired) electrons. The summed E-state index contributed by atoms with van der Waals surface area (Å²) < 4.78 is 1.53. The average Bonchev–Trinajstić information content (AvgIpc) is 2.95. The van der Waals surface area contributed by atoms with E-state index in [9.17, 15) is 10.2 Å². The van der Waals surface area contributed by atoms with E-state index in [1.807, 2.05) is 24.3 Å². The molecule has 0 fully saturated rings. The number of phenolic OH excluding ortho intramolecular Hbond substituents is 2. The molecular formula is C15H9ClN4O2. The van der Waals surface area contributed by atoms with Gasteiger partial charge in [0.25, 0.3) is 0 Å². The van der Waals surface area contributed by atoms with E-state index >= 15 is 0 Å². The normalized spacial score (nSPS) is 11.3. The molecule has 4 rings (SSSR count). The Balaban J connectivity index is 2.05. The van der Waals surface area contributed by atoms with Gasteiger partial charge in [0.15, 0.2) is 11.5 Å². The number of benzene rings is 2. The molecule has 0 amide bonds. The first kappa shape index (κ1) is 12.8. The number of phenols is 2. The molecule has 7 heteroatoms. The van der Waals surface area contributed by atoms with E-state index in [0.717, 1.165) is 10.8 Å². The van der Waals surface area contributed by atoms with Crippen LogP contribution in [0.5, 0.6) is 11.5 Å². The van der Waals surface area contributed by atoms with Crippen LogP contribution in [-0.2, 0) is 0 Å². The summed E-state index contributed by atoms with van der Waals surface area (Å²) in [6, 6.07) is 10.3. The molecule has 2 aromatic heterocycles. The summed E-state index contributed by atoms with van der Waals surface area (Å²) in [6.45, 7) is 0. The zero-order valence-electron chi connectivity index (χ0n) is 11.1. The van der Waals surface area contributed by atoms with Crippen molar-refractivity contribution in [1.29, 1.82) is 0 Å². The zero-order chi connectivity index (χ0) is 15.3. The van der Waals surface area contributed by atoms with Crippen LogP contribution in [0, 0.1) is 0 Å². The van der Waals surface area contributed by atoms with Gasteiger partial charge < -0.3 is 10.2 Å². The van der Waals surface area contributed by atoms with E-state index in [2.05, 4.69) is 15.3 Å². The largest absolute Gasteiger partial charge is 0.507 e. The lowest BCUT2D eigenvalue weighted by Gasteiger charge is -2.05. The minimum Gasteiger partial charge on any atom is -0.507 e. The Morgan fingerprint density at radius 2 is 1.82 bits per heavy atom. The van der Waals surface area contributed by atoms with Gasteiger partial charge in [0.1, 0.15) is 11.5 Å². The Bertz CT molecular complexity index is 1030. The van der Waals surface area contributed by atoms with E-state index in [1.165, 1.54) is 16.6 Å². The lowest BCUT2D eigenvalue weighted by atomic mass is 10.1. The Labute approximate surface area is 129 Å². The van der Waals surface area contributed by atoms with Crippen LogP contribution in [0.25, 0.3) is 27.8 Å². The van der Waals surface area contributed by atoms with Crippen molar-refractivity contribution in [2.75, 3.05) is 0 Å². The maximum absolute atomic E-state index is 10.0. The molecule has 0 spiro atoms. The van der Waals surface area contributed by atoms with E-state index < -0.39 is 0 Å². The highest BCUT2D eigenvalue weighted by Crippen LogP contribution is 2.36. The number of hydrogen-bond donors (Lipinski definition) is 2. The molecule has 0 unspecified atom stereocenters. The van der Waals surface area contributed by atoms with Crippen LogP contribution in [0.1, 0.15) is 0 Å². The van der Waals surface area contributed by atoms with Crippen molar-refractivity contribution >= 4 is 28.0 Å². The van der Waals surface area contributed by atoms with Gasteiger partial charge in [-0.3, -0.25) is 0 Å². The average molecular weight is 313 g/mol. The molecule has 0 aliphatic heterocycles. The van der Waals surface area contributed by atoms with Crippen molar-refractivity contribution in [3.8, 4) is 22.9 Å². The number of aromatic nitrogens is 4. The molecule has 0 bridgehead atoms. The highest BCUT2D eigenvalue weighted by atomic mass is 35.5. The molecule has 2 heterocycles. The number of rotatable bonds is 1. The minimum atomic E-state index is -0.199. The quantitative estimate of drug-likeness (QED) is 0.564. The molecule has 0 aliphatic carbocycles. The highest BCUT2D eigenvalue weighted by molar-refractivity contribution is 6.32. The predicted octanol–water partition coefficient (Wildman–Crippen LogP) is 3.01. The number of aromatic hydroxyl groups is 2. The molecule has 0 aliphatic rings. The van der Waals surface area contributed by atoms with Gasteiger partial charge in [-0.2, -0.15) is 9.61 Å². The molecule has 0 saturated carbocycles. The van der Waals surface area contributed by atoms with Crippen LogP contribution in [0.3, 0.4) is 0 Å². The van der Waals surface area contributed by atoms with Gasteiger partial charge in [-0.25, -0.2) is 0 Å². The molecule has 22 heavy (non-hydrogen) atoms. The lowest BCUT2D eigenvalue weighted by molar-refractivity contribution is 0.451. The number of halogens is 1. The van der Waals surface area contributed by atoms with Gasteiger partial charge in [-0.15, -0.1) is 10.2 Å². The van der Waals surface area contributed by atoms with E-state index in [0.29, 0.717) is 17.0 Å². The Hall–Kier alpha value is -2.86. The van der Waals surface area contributed by atoms with Gasteiger partial charge in [-0.05, 0) is 6.07 Å². The standard InChI is InChI=1S/C15H9ClN4O2/c16-11-5-10(12(21)6-13(11)22)15-19-18-14-9-4-2-1-3-8(9)7-17-20(14)15/h1-7,21-22H. The summed E-state index contributed by atoms with van der Waals surface area (Å²) >= 11 is 5.91. The molecule has 6 nitrogen and oxygen atoms in total. The van der Waals surface area contributed by atoms with Gasteiger partial charge in [-0.1, -0.05) is 35.9 Å². The van der Waals surface area contributed by atoms with Crippen LogP contribution < -0.4 is 0 Å². The maximum Gasteiger partial charge on any atom is 0.189 e. The van der Waals surface area contributed by atoms with Gasteiger partial charge >= 0.3 is 0 Å². The van der Waals surface area contributed by atoms with Crippen molar-refractivity contribution < 1.29 is 10.2 Å². The summed E-state index contributed by atoms with van der Waals surface area (Å²) in [7, 11) is 0. The predicted molar refractivity (Wildman–Crippen MR) is 82.1 cm³/mol. The fraction of sp³-hybridized carbons (Fsp3) is 0. The van der Waals surface area contributed by atoms with Gasteiger partial charge in [0, 0.05) is 16.8 Å².